The molecule has 2 bridgehead atoms. The van der Waals surface area contributed by atoms with Crippen LogP contribution in [0.25, 0.3) is 32.9 Å². The average molecular weight is 726 g/mol. The molecule has 6 heterocycles. The Morgan fingerprint density at radius 3 is 2.62 bits per heavy atom. The molecule has 0 unspecified atom stereocenters. The zero-order chi connectivity index (χ0) is 37.1. The van der Waals surface area contributed by atoms with Crippen LogP contribution in [0.15, 0.2) is 42.6 Å². The van der Waals surface area contributed by atoms with Gasteiger partial charge >= 0.3 is 6.09 Å². The van der Waals surface area contributed by atoms with Gasteiger partial charge in [0.1, 0.15) is 35.5 Å². The standard InChI is InChI=1S/C41H45F2N5O5/c1-6-31-33(43)11-8-25-14-30(52-24-50-5)16-32(37(25)31)26-15-34-38(44-19-26)35(17-36(45-34)51-23-41-12-7-13-47(41)20-27(42)18-41)46-21-28-9-10-29(22-46)48(28)39(49)53-40(2,3)4/h1,8,11,14-17,19,27-29H,7,9-10,12-13,18,20-24H2,2-5H3/t27-,28-,29+,41+/m1/s1. The van der Waals surface area contributed by atoms with Crippen molar-refractivity contribution in [1.82, 2.24) is 19.8 Å². The van der Waals surface area contributed by atoms with Crippen molar-refractivity contribution >= 4 is 33.6 Å². The van der Waals surface area contributed by atoms with Gasteiger partial charge in [-0.3, -0.25) is 14.8 Å². The van der Waals surface area contributed by atoms with E-state index in [1.807, 2.05) is 37.8 Å². The molecule has 4 fully saturated rings. The van der Waals surface area contributed by atoms with E-state index in [2.05, 4.69) is 15.7 Å². The highest BCUT2D eigenvalue weighted by Crippen LogP contribution is 2.43. The monoisotopic (exact) mass is 725 g/mol. The van der Waals surface area contributed by atoms with Crippen molar-refractivity contribution in [2.75, 3.05) is 51.6 Å². The van der Waals surface area contributed by atoms with Gasteiger partial charge < -0.3 is 23.8 Å². The first-order chi connectivity index (χ1) is 25.4. The number of aromatic nitrogens is 2. The van der Waals surface area contributed by atoms with E-state index in [1.54, 1.807) is 31.5 Å². The van der Waals surface area contributed by atoms with Gasteiger partial charge in [-0.2, -0.15) is 0 Å². The number of piperazine rings is 1. The number of nitrogens with zero attached hydrogens (tertiary/aromatic N) is 5. The maximum absolute atomic E-state index is 15.1. The highest BCUT2D eigenvalue weighted by molar-refractivity contribution is 6.03. The van der Waals surface area contributed by atoms with Crippen LogP contribution >= 0.6 is 0 Å². The summed E-state index contributed by atoms with van der Waals surface area (Å²) in [7, 11) is 1.54. The molecule has 2 aromatic heterocycles. The Bertz CT molecular complexity index is 2100. The second-order valence-electron chi connectivity index (χ2n) is 15.8. The quantitative estimate of drug-likeness (QED) is 0.140. The molecule has 4 aliphatic rings. The van der Waals surface area contributed by atoms with Crippen molar-refractivity contribution in [2.24, 2.45) is 0 Å². The van der Waals surface area contributed by atoms with Gasteiger partial charge in [-0.1, -0.05) is 12.0 Å². The van der Waals surface area contributed by atoms with Crippen molar-refractivity contribution in [2.45, 2.75) is 82.3 Å². The number of rotatable bonds is 8. The van der Waals surface area contributed by atoms with Crippen LogP contribution in [0.4, 0.5) is 19.3 Å². The van der Waals surface area contributed by atoms with Gasteiger partial charge in [-0.15, -0.1) is 6.42 Å². The number of carbonyl (C=O) groups is 1. The summed E-state index contributed by atoms with van der Waals surface area (Å²) in [5.41, 5.74) is 2.56. The first kappa shape index (κ1) is 35.3. The molecule has 1 amide bonds. The second-order valence-corrected chi connectivity index (χ2v) is 15.8. The van der Waals surface area contributed by atoms with Crippen molar-refractivity contribution in [3.8, 4) is 35.1 Å². The lowest BCUT2D eigenvalue weighted by Gasteiger charge is -2.42. The number of terminal acetylenes is 1. The van der Waals surface area contributed by atoms with Crippen LogP contribution < -0.4 is 14.4 Å². The third-order valence-electron chi connectivity index (χ3n) is 11.1. The number of carbonyl (C=O) groups excluding carboxylic acids is 1. The lowest BCUT2D eigenvalue weighted by atomic mass is 9.94. The molecule has 4 aliphatic heterocycles. The highest BCUT2D eigenvalue weighted by Gasteiger charge is 2.49. The van der Waals surface area contributed by atoms with Crippen molar-refractivity contribution in [1.29, 1.82) is 0 Å². The van der Waals surface area contributed by atoms with E-state index in [0.29, 0.717) is 77.2 Å². The van der Waals surface area contributed by atoms with E-state index in [4.69, 9.17) is 35.3 Å². The zero-order valence-electron chi connectivity index (χ0n) is 30.7. The molecule has 0 spiro atoms. The fourth-order valence-electron chi connectivity index (χ4n) is 8.90. The predicted octanol–water partition coefficient (Wildman–Crippen LogP) is 7.10. The van der Waals surface area contributed by atoms with Gasteiger partial charge in [0.15, 0.2) is 6.79 Å². The van der Waals surface area contributed by atoms with E-state index < -0.39 is 17.6 Å². The summed E-state index contributed by atoms with van der Waals surface area (Å²) in [6.07, 6.45) is 10.5. The number of benzene rings is 2. The lowest BCUT2D eigenvalue weighted by Crippen LogP contribution is -2.56. The van der Waals surface area contributed by atoms with Crippen LogP contribution in [-0.2, 0) is 9.47 Å². The molecule has 2 aromatic carbocycles. The van der Waals surface area contributed by atoms with Crippen LogP contribution in [0.5, 0.6) is 11.6 Å². The molecule has 0 aliphatic carbocycles. The molecule has 0 N–H and O–H groups in total. The number of amides is 1. The second kappa shape index (κ2) is 13.6. The largest absolute Gasteiger partial charge is 0.476 e. The molecule has 4 atom stereocenters. The Hall–Kier alpha value is -4.73. The Morgan fingerprint density at radius 2 is 1.89 bits per heavy atom. The van der Waals surface area contributed by atoms with Crippen LogP contribution in [-0.4, -0.2) is 102 Å². The van der Waals surface area contributed by atoms with Gasteiger partial charge in [-0.25, -0.2) is 18.6 Å². The normalized spacial score (nSPS) is 24.1. The topological polar surface area (TPSA) is 89.5 Å². The fourth-order valence-corrected chi connectivity index (χ4v) is 8.90. The number of anilines is 1. The third kappa shape index (κ3) is 6.59. The number of ether oxygens (including phenoxy) is 4. The van der Waals surface area contributed by atoms with Crippen molar-refractivity contribution in [3.63, 3.8) is 0 Å². The molecule has 278 valence electrons. The van der Waals surface area contributed by atoms with Crippen molar-refractivity contribution < 1.29 is 32.5 Å². The summed E-state index contributed by atoms with van der Waals surface area (Å²) >= 11 is 0. The Balaban J connectivity index is 1.21. The smallest absolute Gasteiger partial charge is 0.410 e. The number of alkyl halides is 1. The number of hydrogen-bond donors (Lipinski definition) is 0. The van der Waals surface area contributed by atoms with Gasteiger partial charge in [0, 0.05) is 56.4 Å². The average Bonchev–Trinajstić information content (AvgIpc) is 3.74. The summed E-state index contributed by atoms with van der Waals surface area (Å²) in [5.74, 6) is 2.98. The van der Waals surface area contributed by atoms with Crippen LogP contribution in [0.2, 0.25) is 0 Å². The fraction of sp³-hybridized carbons (Fsp3) is 0.488. The van der Waals surface area contributed by atoms with Crippen LogP contribution in [0, 0.1) is 18.2 Å². The van der Waals surface area contributed by atoms with E-state index in [9.17, 15) is 9.18 Å². The zero-order valence-corrected chi connectivity index (χ0v) is 30.7. The minimum absolute atomic E-state index is 0.0281. The third-order valence-corrected chi connectivity index (χ3v) is 11.1. The van der Waals surface area contributed by atoms with Crippen LogP contribution in [0.1, 0.15) is 58.4 Å². The summed E-state index contributed by atoms with van der Waals surface area (Å²) in [6, 6.07) is 10.4. The lowest BCUT2D eigenvalue weighted by molar-refractivity contribution is 0.0123. The predicted molar refractivity (Wildman–Crippen MR) is 199 cm³/mol. The molecular formula is C41H45F2N5O5. The number of fused-ring (bicyclic) bond motifs is 5. The Morgan fingerprint density at radius 1 is 1.09 bits per heavy atom. The van der Waals surface area contributed by atoms with Crippen LogP contribution in [0.3, 0.4) is 0 Å². The highest BCUT2D eigenvalue weighted by atomic mass is 19.1. The molecule has 4 aromatic rings. The number of halogens is 2. The maximum Gasteiger partial charge on any atom is 0.410 e. The van der Waals surface area contributed by atoms with Gasteiger partial charge in [0.05, 0.1) is 34.4 Å². The van der Waals surface area contributed by atoms with Gasteiger partial charge in [0.25, 0.3) is 0 Å². The maximum atomic E-state index is 15.1. The van der Waals surface area contributed by atoms with E-state index >= 15 is 4.39 Å². The van der Waals surface area contributed by atoms with E-state index in [1.165, 1.54) is 6.07 Å². The van der Waals surface area contributed by atoms with E-state index in [0.717, 1.165) is 37.9 Å². The molecule has 12 heteroatoms. The molecule has 0 saturated carbocycles. The first-order valence-electron chi connectivity index (χ1n) is 18.4. The first-order valence-corrected chi connectivity index (χ1v) is 18.4. The number of methoxy groups -OCH3 is 1. The summed E-state index contributed by atoms with van der Waals surface area (Å²) in [5, 5.41) is 1.26. The summed E-state index contributed by atoms with van der Waals surface area (Å²) in [6.45, 7) is 8.47. The SMILES string of the molecule is C#Cc1c(F)ccc2cc(OCOC)cc(-c3cnc4c(N5C[C@H]6CC[C@@H](C5)N6C(=O)OC(C)(C)C)cc(OC[C@@]56CCCN5C[C@H](F)C6)nc4c3)c12. The summed E-state index contributed by atoms with van der Waals surface area (Å²) in [4.78, 5) is 29.6. The molecular weight excluding hydrogens is 680 g/mol. The number of hydrogen-bond acceptors (Lipinski definition) is 9. The minimum atomic E-state index is -0.876. The number of pyridine rings is 2. The van der Waals surface area contributed by atoms with Crippen molar-refractivity contribution in [3.05, 3.63) is 54.0 Å². The molecule has 0 radical (unpaired) electrons. The summed E-state index contributed by atoms with van der Waals surface area (Å²) < 4.78 is 53.1. The minimum Gasteiger partial charge on any atom is -0.476 e. The Labute approximate surface area is 308 Å². The Kier molecular flexibility index (Phi) is 9.06. The molecule has 10 nitrogen and oxygen atoms in total. The molecule has 4 saturated heterocycles. The van der Waals surface area contributed by atoms with Gasteiger partial charge in [-0.05, 0) is 88.2 Å². The molecule has 8 rings (SSSR count). The van der Waals surface area contributed by atoms with E-state index in [-0.39, 0.29) is 36.1 Å². The van der Waals surface area contributed by atoms with Gasteiger partial charge in [0.2, 0.25) is 5.88 Å². The molecule has 53 heavy (non-hydrogen) atoms.